The third kappa shape index (κ3) is 3.07. The molecule has 0 N–H and O–H groups in total. The van der Waals surface area contributed by atoms with Gasteiger partial charge in [-0.25, -0.2) is 4.39 Å². The van der Waals surface area contributed by atoms with E-state index >= 15 is 0 Å². The number of hydrogen-bond acceptors (Lipinski definition) is 1. The predicted octanol–water partition coefficient (Wildman–Crippen LogP) is 5.23. The number of nitrogens with zero attached hydrogens (tertiary/aromatic N) is 2. The van der Waals surface area contributed by atoms with E-state index in [0.29, 0.717) is 5.92 Å². The summed E-state index contributed by atoms with van der Waals surface area (Å²) in [6.45, 7) is 5.13. The molecule has 1 unspecified atom stereocenters. The summed E-state index contributed by atoms with van der Waals surface area (Å²) in [5.41, 5.74) is 5.24. The summed E-state index contributed by atoms with van der Waals surface area (Å²) in [7, 11) is 2.16. The fraction of sp³-hybridized carbons (Fsp3) is 0.333. The van der Waals surface area contributed by atoms with Gasteiger partial charge in [-0.15, -0.1) is 0 Å². The van der Waals surface area contributed by atoms with Gasteiger partial charge in [-0.05, 0) is 54.4 Å². The van der Waals surface area contributed by atoms with Crippen LogP contribution in [-0.2, 0) is 19.5 Å². The van der Waals surface area contributed by atoms with Crippen LogP contribution in [0.4, 0.5) is 4.39 Å². The van der Waals surface area contributed by atoms with Gasteiger partial charge in [-0.2, -0.15) is 0 Å². The second-order valence-electron chi connectivity index (χ2n) is 7.14. The molecule has 0 bridgehead atoms. The number of halogens is 2. The first-order valence-electron chi connectivity index (χ1n) is 8.76. The van der Waals surface area contributed by atoms with Crippen molar-refractivity contribution in [1.82, 2.24) is 9.47 Å². The van der Waals surface area contributed by atoms with Gasteiger partial charge in [0.05, 0.1) is 0 Å². The molecule has 2 aromatic carbocycles. The summed E-state index contributed by atoms with van der Waals surface area (Å²) >= 11 is 6.26. The highest BCUT2D eigenvalue weighted by atomic mass is 35.5. The molecule has 1 aromatic heterocycles. The summed E-state index contributed by atoms with van der Waals surface area (Å²) in [4.78, 5) is 2.36. The van der Waals surface area contributed by atoms with E-state index in [0.717, 1.165) is 31.1 Å². The Morgan fingerprint density at radius 2 is 1.92 bits per heavy atom. The Hall–Kier alpha value is -1.84. The van der Waals surface area contributed by atoms with Crippen LogP contribution in [0.1, 0.15) is 29.7 Å². The van der Waals surface area contributed by atoms with Crippen LogP contribution in [0.2, 0.25) is 5.02 Å². The van der Waals surface area contributed by atoms with E-state index in [2.05, 4.69) is 35.6 Å². The Bertz CT molecular complexity index is 914. The minimum atomic E-state index is -0.183. The van der Waals surface area contributed by atoms with Gasteiger partial charge in [0.25, 0.3) is 0 Å². The zero-order valence-electron chi connectivity index (χ0n) is 14.6. The lowest BCUT2D eigenvalue weighted by Gasteiger charge is -2.25. The summed E-state index contributed by atoms with van der Waals surface area (Å²) < 4.78 is 15.7. The van der Waals surface area contributed by atoms with Crippen LogP contribution in [0.3, 0.4) is 0 Å². The van der Waals surface area contributed by atoms with Crippen LogP contribution in [0.5, 0.6) is 0 Å². The molecule has 1 aliphatic heterocycles. The molecule has 25 heavy (non-hydrogen) atoms. The number of hydrogen-bond donors (Lipinski definition) is 0. The molecule has 0 aliphatic carbocycles. The highest BCUT2D eigenvalue weighted by Crippen LogP contribution is 2.34. The van der Waals surface area contributed by atoms with Gasteiger partial charge in [-0.1, -0.05) is 30.7 Å². The van der Waals surface area contributed by atoms with E-state index in [9.17, 15) is 4.39 Å². The van der Waals surface area contributed by atoms with Gasteiger partial charge in [0.15, 0.2) is 0 Å². The Morgan fingerprint density at radius 3 is 2.68 bits per heavy atom. The third-order valence-electron chi connectivity index (χ3n) is 5.30. The van der Waals surface area contributed by atoms with E-state index in [1.54, 1.807) is 12.1 Å². The molecule has 130 valence electrons. The minimum absolute atomic E-state index is 0.183. The topological polar surface area (TPSA) is 8.17 Å². The van der Waals surface area contributed by atoms with Crippen molar-refractivity contribution in [1.29, 1.82) is 0 Å². The highest BCUT2D eigenvalue weighted by molar-refractivity contribution is 6.31. The zero-order valence-corrected chi connectivity index (χ0v) is 15.4. The summed E-state index contributed by atoms with van der Waals surface area (Å²) in [6, 6.07) is 13.1. The number of fused-ring (bicyclic) bond motifs is 3. The molecule has 1 aliphatic rings. The molecule has 1 atom stereocenters. The second kappa shape index (κ2) is 6.47. The molecule has 2 nitrogen and oxygen atoms in total. The van der Waals surface area contributed by atoms with E-state index in [4.69, 9.17) is 11.6 Å². The van der Waals surface area contributed by atoms with Gasteiger partial charge in [0.2, 0.25) is 0 Å². The van der Waals surface area contributed by atoms with Crippen LogP contribution < -0.4 is 0 Å². The van der Waals surface area contributed by atoms with Crippen molar-refractivity contribution in [3.8, 4) is 0 Å². The molecule has 0 saturated carbocycles. The number of rotatable bonds is 3. The van der Waals surface area contributed by atoms with Gasteiger partial charge in [-0.3, -0.25) is 0 Å². The average molecular weight is 357 g/mol. The first-order valence-corrected chi connectivity index (χ1v) is 9.14. The van der Waals surface area contributed by atoms with Crippen molar-refractivity contribution < 1.29 is 4.39 Å². The Morgan fingerprint density at radius 1 is 1.16 bits per heavy atom. The monoisotopic (exact) mass is 356 g/mol. The van der Waals surface area contributed by atoms with Crippen LogP contribution >= 0.6 is 11.6 Å². The third-order valence-corrected chi connectivity index (χ3v) is 5.54. The van der Waals surface area contributed by atoms with Crippen molar-refractivity contribution >= 4 is 22.5 Å². The molecular formula is C21H22ClFN2. The van der Waals surface area contributed by atoms with Crippen LogP contribution in [0.15, 0.2) is 42.5 Å². The first-order chi connectivity index (χ1) is 12.0. The van der Waals surface area contributed by atoms with Crippen LogP contribution in [0, 0.1) is 5.82 Å². The molecule has 2 heterocycles. The predicted molar refractivity (Wildman–Crippen MR) is 102 cm³/mol. The van der Waals surface area contributed by atoms with Crippen molar-refractivity contribution in [3.05, 3.63) is 70.1 Å². The summed E-state index contributed by atoms with van der Waals surface area (Å²) in [5, 5.41) is 2.05. The lowest BCUT2D eigenvalue weighted by molar-refractivity contribution is 0.308. The maximum atomic E-state index is 13.2. The minimum Gasteiger partial charge on any atom is -0.344 e. The fourth-order valence-electron chi connectivity index (χ4n) is 3.94. The molecule has 3 aromatic rings. The van der Waals surface area contributed by atoms with E-state index in [1.165, 1.54) is 27.7 Å². The second-order valence-corrected chi connectivity index (χ2v) is 7.57. The molecule has 0 radical (unpaired) electrons. The van der Waals surface area contributed by atoms with Crippen LogP contribution in [0.25, 0.3) is 10.9 Å². The van der Waals surface area contributed by atoms with Crippen LogP contribution in [-0.4, -0.2) is 23.1 Å². The molecule has 0 fully saturated rings. The van der Waals surface area contributed by atoms with E-state index < -0.39 is 0 Å². The molecule has 4 rings (SSSR count). The normalized spacial score (nSPS) is 16.2. The molecule has 0 spiro atoms. The number of aromatic nitrogens is 1. The summed E-state index contributed by atoms with van der Waals surface area (Å²) in [5.74, 6) is 0.132. The average Bonchev–Trinajstić information content (AvgIpc) is 2.88. The Kier molecular flexibility index (Phi) is 4.30. The smallest absolute Gasteiger partial charge is 0.123 e. The Labute approximate surface area is 152 Å². The van der Waals surface area contributed by atoms with Crippen molar-refractivity contribution in [2.24, 2.45) is 0 Å². The maximum absolute atomic E-state index is 13.2. The van der Waals surface area contributed by atoms with Crippen molar-refractivity contribution in [3.63, 3.8) is 0 Å². The first kappa shape index (κ1) is 16.6. The largest absolute Gasteiger partial charge is 0.344 e. The van der Waals surface area contributed by atoms with Gasteiger partial charge in [0, 0.05) is 47.7 Å². The number of likely N-dealkylation sites (N-methyl/N-ethyl adjacent to an activating group) is 1. The van der Waals surface area contributed by atoms with Crippen molar-refractivity contribution in [2.45, 2.75) is 32.4 Å². The van der Waals surface area contributed by atoms with Gasteiger partial charge in [0.1, 0.15) is 5.82 Å². The molecular weight excluding hydrogens is 335 g/mol. The van der Waals surface area contributed by atoms with E-state index in [-0.39, 0.29) is 5.82 Å². The van der Waals surface area contributed by atoms with Gasteiger partial charge < -0.3 is 9.47 Å². The fourth-order valence-corrected chi connectivity index (χ4v) is 4.11. The molecule has 4 heteroatoms. The highest BCUT2D eigenvalue weighted by Gasteiger charge is 2.23. The standard InChI is InChI=1S/C21H22ClFN2/c1-14(15-3-6-17(23)7-4-15)12-25-20-8-5-16(22)11-18(20)19-13-24(2)10-9-21(19)25/h3-8,11,14H,9-10,12-13H2,1-2H3. The molecule has 0 amide bonds. The summed E-state index contributed by atoms with van der Waals surface area (Å²) in [6.07, 6.45) is 1.05. The Balaban J connectivity index is 1.77. The molecule has 0 saturated heterocycles. The maximum Gasteiger partial charge on any atom is 0.123 e. The number of benzene rings is 2. The van der Waals surface area contributed by atoms with Gasteiger partial charge >= 0.3 is 0 Å². The van der Waals surface area contributed by atoms with Crippen molar-refractivity contribution in [2.75, 3.05) is 13.6 Å². The van der Waals surface area contributed by atoms with E-state index in [1.807, 2.05) is 18.2 Å². The lowest BCUT2D eigenvalue weighted by Crippen LogP contribution is -2.27. The lowest BCUT2D eigenvalue weighted by atomic mass is 10.0. The zero-order chi connectivity index (χ0) is 17.6. The quantitative estimate of drug-likeness (QED) is 0.624. The SMILES string of the molecule is CC(Cn1c2c(c3cc(Cl)ccc31)CN(C)CC2)c1ccc(F)cc1.